The van der Waals surface area contributed by atoms with Crippen LogP contribution in [0.1, 0.15) is 31.4 Å². The molecule has 0 aliphatic rings. The standard InChI is InChI=1S/C14H20N2O/c1-11(2)6-7-16-10-12-4-5-13(9-15)14(8-12)17-3/h4-5,8,11,16H,6-7,10H2,1-3H3. The molecule has 0 amide bonds. The third-order valence-corrected chi connectivity index (χ3v) is 2.61. The van der Waals surface area contributed by atoms with Crippen molar-refractivity contribution in [3.05, 3.63) is 29.3 Å². The molecule has 1 aromatic carbocycles. The molecule has 3 heteroatoms. The maximum absolute atomic E-state index is 8.87. The predicted molar refractivity (Wildman–Crippen MR) is 68.9 cm³/mol. The van der Waals surface area contributed by atoms with Gasteiger partial charge in [0, 0.05) is 6.54 Å². The Balaban J connectivity index is 2.52. The average molecular weight is 232 g/mol. The Labute approximate surface area is 103 Å². The number of ether oxygens (including phenoxy) is 1. The van der Waals surface area contributed by atoms with Crippen LogP contribution < -0.4 is 10.1 Å². The Morgan fingerprint density at radius 2 is 2.18 bits per heavy atom. The van der Waals surface area contributed by atoms with Gasteiger partial charge in [0.2, 0.25) is 0 Å². The van der Waals surface area contributed by atoms with Gasteiger partial charge in [-0.3, -0.25) is 0 Å². The van der Waals surface area contributed by atoms with E-state index in [0.29, 0.717) is 11.3 Å². The normalized spacial score (nSPS) is 10.3. The lowest BCUT2D eigenvalue weighted by molar-refractivity contribution is 0.412. The summed E-state index contributed by atoms with van der Waals surface area (Å²) in [4.78, 5) is 0. The van der Waals surface area contributed by atoms with E-state index in [1.54, 1.807) is 13.2 Å². The van der Waals surface area contributed by atoms with Gasteiger partial charge < -0.3 is 10.1 Å². The van der Waals surface area contributed by atoms with Crippen LogP contribution in [0.4, 0.5) is 0 Å². The molecule has 0 spiro atoms. The van der Waals surface area contributed by atoms with Crippen LogP contribution in [0, 0.1) is 17.2 Å². The van der Waals surface area contributed by atoms with E-state index in [-0.39, 0.29) is 0 Å². The number of nitrogens with zero attached hydrogens (tertiary/aromatic N) is 1. The molecule has 1 rings (SSSR count). The van der Waals surface area contributed by atoms with Crippen molar-refractivity contribution in [2.75, 3.05) is 13.7 Å². The van der Waals surface area contributed by atoms with Crippen LogP contribution in [-0.4, -0.2) is 13.7 Å². The van der Waals surface area contributed by atoms with Crippen LogP contribution in [0.25, 0.3) is 0 Å². The van der Waals surface area contributed by atoms with Gasteiger partial charge in [-0.1, -0.05) is 19.9 Å². The van der Waals surface area contributed by atoms with Crippen LogP contribution in [0.5, 0.6) is 5.75 Å². The lowest BCUT2D eigenvalue weighted by Crippen LogP contribution is -2.16. The van der Waals surface area contributed by atoms with Crippen molar-refractivity contribution in [1.29, 1.82) is 5.26 Å². The largest absolute Gasteiger partial charge is 0.495 e. The fourth-order valence-corrected chi connectivity index (χ4v) is 1.56. The van der Waals surface area contributed by atoms with Crippen LogP contribution in [0.2, 0.25) is 0 Å². The van der Waals surface area contributed by atoms with Crippen LogP contribution >= 0.6 is 0 Å². The first kappa shape index (κ1) is 13.5. The van der Waals surface area contributed by atoms with E-state index >= 15 is 0 Å². The molecule has 3 nitrogen and oxygen atoms in total. The number of rotatable bonds is 6. The van der Waals surface area contributed by atoms with Gasteiger partial charge in [0.25, 0.3) is 0 Å². The molecule has 0 radical (unpaired) electrons. The molecule has 0 heterocycles. The monoisotopic (exact) mass is 232 g/mol. The van der Waals surface area contributed by atoms with Gasteiger partial charge in [-0.15, -0.1) is 0 Å². The molecule has 1 N–H and O–H groups in total. The van der Waals surface area contributed by atoms with Crippen molar-refractivity contribution in [2.24, 2.45) is 5.92 Å². The SMILES string of the molecule is COc1cc(CNCCC(C)C)ccc1C#N. The second-order valence-corrected chi connectivity index (χ2v) is 4.51. The fraction of sp³-hybridized carbons (Fsp3) is 0.500. The highest BCUT2D eigenvalue weighted by molar-refractivity contribution is 5.45. The first-order valence-corrected chi connectivity index (χ1v) is 5.95. The summed E-state index contributed by atoms with van der Waals surface area (Å²) in [5.41, 5.74) is 1.73. The highest BCUT2D eigenvalue weighted by atomic mass is 16.5. The Bertz CT molecular complexity index is 394. The van der Waals surface area contributed by atoms with Crippen molar-refractivity contribution in [2.45, 2.75) is 26.8 Å². The van der Waals surface area contributed by atoms with Gasteiger partial charge in [0.1, 0.15) is 11.8 Å². The van der Waals surface area contributed by atoms with Crippen molar-refractivity contribution in [3.63, 3.8) is 0 Å². The van der Waals surface area contributed by atoms with E-state index in [1.807, 2.05) is 12.1 Å². The van der Waals surface area contributed by atoms with Gasteiger partial charge in [0.05, 0.1) is 12.7 Å². The fourth-order valence-electron chi connectivity index (χ4n) is 1.56. The van der Waals surface area contributed by atoms with Gasteiger partial charge in [-0.05, 0) is 36.6 Å². The van der Waals surface area contributed by atoms with E-state index in [0.717, 1.165) is 24.6 Å². The number of nitriles is 1. The minimum atomic E-state index is 0.582. The van der Waals surface area contributed by atoms with Crippen molar-refractivity contribution >= 4 is 0 Å². The molecule has 1 aromatic rings. The highest BCUT2D eigenvalue weighted by Crippen LogP contribution is 2.19. The van der Waals surface area contributed by atoms with Crippen LogP contribution in [-0.2, 0) is 6.54 Å². The Hall–Kier alpha value is -1.53. The van der Waals surface area contributed by atoms with Gasteiger partial charge in [-0.25, -0.2) is 0 Å². The second kappa shape index (κ2) is 6.93. The Morgan fingerprint density at radius 3 is 2.76 bits per heavy atom. The van der Waals surface area contributed by atoms with Crippen LogP contribution in [0.3, 0.4) is 0 Å². The van der Waals surface area contributed by atoms with Crippen molar-refractivity contribution < 1.29 is 4.74 Å². The number of hydrogen-bond acceptors (Lipinski definition) is 3. The summed E-state index contributed by atoms with van der Waals surface area (Å²) in [5, 5.41) is 12.3. The van der Waals surface area contributed by atoms with Crippen LogP contribution in [0.15, 0.2) is 18.2 Å². The summed E-state index contributed by atoms with van der Waals surface area (Å²) in [6, 6.07) is 7.79. The third-order valence-electron chi connectivity index (χ3n) is 2.61. The van der Waals surface area contributed by atoms with Crippen molar-refractivity contribution in [3.8, 4) is 11.8 Å². The molecule has 0 atom stereocenters. The van der Waals surface area contributed by atoms with E-state index in [9.17, 15) is 0 Å². The van der Waals surface area contributed by atoms with E-state index in [2.05, 4.69) is 25.2 Å². The van der Waals surface area contributed by atoms with Gasteiger partial charge in [0.15, 0.2) is 0 Å². The Morgan fingerprint density at radius 1 is 1.41 bits per heavy atom. The summed E-state index contributed by atoms with van der Waals surface area (Å²) in [6.45, 7) is 6.26. The molecule has 0 aliphatic carbocycles. The minimum Gasteiger partial charge on any atom is -0.495 e. The lowest BCUT2D eigenvalue weighted by atomic mass is 10.1. The van der Waals surface area contributed by atoms with E-state index in [4.69, 9.17) is 10.00 Å². The third kappa shape index (κ3) is 4.46. The Kier molecular flexibility index (Phi) is 5.51. The zero-order valence-electron chi connectivity index (χ0n) is 10.8. The second-order valence-electron chi connectivity index (χ2n) is 4.51. The molecule has 0 fully saturated rings. The molecule has 0 saturated heterocycles. The van der Waals surface area contributed by atoms with E-state index < -0.39 is 0 Å². The lowest BCUT2D eigenvalue weighted by Gasteiger charge is -2.09. The predicted octanol–water partition coefficient (Wildman–Crippen LogP) is 2.70. The first-order valence-electron chi connectivity index (χ1n) is 5.95. The molecular formula is C14H20N2O. The number of methoxy groups -OCH3 is 1. The number of nitrogens with one attached hydrogen (secondary N) is 1. The number of hydrogen-bond donors (Lipinski definition) is 1. The van der Waals surface area contributed by atoms with Gasteiger partial charge in [-0.2, -0.15) is 5.26 Å². The average Bonchev–Trinajstić information content (AvgIpc) is 2.34. The van der Waals surface area contributed by atoms with Crippen molar-refractivity contribution in [1.82, 2.24) is 5.32 Å². The maximum atomic E-state index is 8.87. The molecular weight excluding hydrogens is 212 g/mol. The number of benzene rings is 1. The summed E-state index contributed by atoms with van der Waals surface area (Å²) in [5.74, 6) is 1.37. The summed E-state index contributed by atoms with van der Waals surface area (Å²) in [6.07, 6.45) is 1.17. The first-order chi connectivity index (χ1) is 8.17. The molecule has 0 unspecified atom stereocenters. The minimum absolute atomic E-state index is 0.582. The van der Waals surface area contributed by atoms with Gasteiger partial charge >= 0.3 is 0 Å². The maximum Gasteiger partial charge on any atom is 0.136 e. The zero-order valence-corrected chi connectivity index (χ0v) is 10.8. The quantitative estimate of drug-likeness (QED) is 0.767. The van der Waals surface area contributed by atoms with E-state index in [1.165, 1.54) is 6.42 Å². The smallest absolute Gasteiger partial charge is 0.136 e. The molecule has 0 saturated carbocycles. The molecule has 92 valence electrons. The molecule has 0 aromatic heterocycles. The zero-order chi connectivity index (χ0) is 12.7. The molecule has 0 bridgehead atoms. The molecule has 17 heavy (non-hydrogen) atoms. The summed E-state index contributed by atoms with van der Waals surface area (Å²) in [7, 11) is 1.59. The summed E-state index contributed by atoms with van der Waals surface area (Å²) >= 11 is 0. The topological polar surface area (TPSA) is 45.0 Å². The molecule has 0 aliphatic heterocycles. The summed E-state index contributed by atoms with van der Waals surface area (Å²) < 4.78 is 5.17. The highest BCUT2D eigenvalue weighted by Gasteiger charge is 2.03.